The van der Waals surface area contributed by atoms with Gasteiger partial charge in [-0.15, -0.1) is 0 Å². The van der Waals surface area contributed by atoms with Gasteiger partial charge in [-0.05, 0) is 12.8 Å². The van der Waals surface area contributed by atoms with E-state index in [0.717, 1.165) is 25.9 Å². The van der Waals surface area contributed by atoms with Gasteiger partial charge in [0.1, 0.15) is 0 Å². The van der Waals surface area contributed by atoms with Gasteiger partial charge in [-0.2, -0.15) is 0 Å². The number of aliphatic hydroxyl groups excluding tert-OH is 1. The van der Waals surface area contributed by atoms with Crippen molar-refractivity contribution in [1.29, 1.82) is 0 Å². The third-order valence-electron chi connectivity index (χ3n) is 2.70. The smallest absolute Gasteiger partial charge is 0.226 e. The van der Waals surface area contributed by atoms with E-state index >= 15 is 0 Å². The van der Waals surface area contributed by atoms with Crippen molar-refractivity contribution in [3.8, 4) is 0 Å². The first kappa shape index (κ1) is 8.01. The first-order chi connectivity index (χ1) is 5.76. The summed E-state index contributed by atoms with van der Waals surface area (Å²) in [5.41, 5.74) is -0.243. The maximum atomic E-state index is 11.4. The Kier molecular flexibility index (Phi) is 1.81. The van der Waals surface area contributed by atoms with Crippen LogP contribution in [0.15, 0.2) is 0 Å². The molecule has 2 fully saturated rings. The lowest BCUT2D eigenvalue weighted by Crippen LogP contribution is -2.54. The van der Waals surface area contributed by atoms with Crippen molar-refractivity contribution in [3.05, 3.63) is 0 Å². The van der Waals surface area contributed by atoms with Crippen LogP contribution in [0.2, 0.25) is 0 Å². The van der Waals surface area contributed by atoms with Gasteiger partial charge >= 0.3 is 0 Å². The van der Waals surface area contributed by atoms with Crippen molar-refractivity contribution < 1.29 is 9.90 Å². The minimum atomic E-state index is -0.243. The molecule has 0 aromatic rings. The number of carbonyl (C=O) groups excluding carboxylic acids is 1. The standard InChI is InChI=1S/C8H14N2O2/c11-5-8(1-2-8)10-7(12)6-3-9-4-6/h6,9,11H,1-5H2,(H,10,12). The molecule has 0 aromatic heterocycles. The Morgan fingerprint density at radius 2 is 2.25 bits per heavy atom. The second kappa shape index (κ2) is 2.71. The predicted octanol–water partition coefficient (Wildman–Crippen LogP) is -1.15. The Labute approximate surface area is 71.3 Å². The number of aliphatic hydroxyl groups is 1. The van der Waals surface area contributed by atoms with Crippen molar-refractivity contribution in [3.63, 3.8) is 0 Å². The Balaban J connectivity index is 1.81. The fraction of sp³-hybridized carbons (Fsp3) is 0.875. The van der Waals surface area contributed by atoms with Gasteiger partial charge in [0, 0.05) is 13.1 Å². The highest BCUT2D eigenvalue weighted by atomic mass is 16.3. The zero-order valence-corrected chi connectivity index (χ0v) is 6.97. The van der Waals surface area contributed by atoms with Crippen LogP contribution in [-0.4, -0.2) is 36.2 Å². The van der Waals surface area contributed by atoms with Crippen LogP contribution in [0.5, 0.6) is 0 Å². The summed E-state index contributed by atoms with van der Waals surface area (Å²) in [7, 11) is 0. The first-order valence-corrected chi connectivity index (χ1v) is 4.39. The van der Waals surface area contributed by atoms with Gasteiger partial charge in [0.05, 0.1) is 18.1 Å². The molecule has 1 saturated carbocycles. The quantitative estimate of drug-likeness (QED) is 0.501. The maximum absolute atomic E-state index is 11.4. The highest BCUT2D eigenvalue weighted by Gasteiger charge is 2.44. The summed E-state index contributed by atoms with van der Waals surface area (Å²) < 4.78 is 0. The van der Waals surface area contributed by atoms with Crippen LogP contribution >= 0.6 is 0 Å². The lowest BCUT2D eigenvalue weighted by atomic mass is 10.0. The van der Waals surface area contributed by atoms with E-state index in [1.807, 2.05) is 0 Å². The molecule has 1 aliphatic carbocycles. The normalized spacial score (nSPS) is 26.1. The van der Waals surface area contributed by atoms with E-state index in [9.17, 15) is 4.79 Å². The molecule has 12 heavy (non-hydrogen) atoms. The molecule has 1 amide bonds. The van der Waals surface area contributed by atoms with Crippen molar-refractivity contribution in [2.45, 2.75) is 18.4 Å². The zero-order valence-electron chi connectivity index (χ0n) is 6.97. The molecule has 0 aromatic carbocycles. The minimum Gasteiger partial charge on any atom is -0.394 e. The van der Waals surface area contributed by atoms with Crippen LogP contribution in [0, 0.1) is 5.92 Å². The summed E-state index contributed by atoms with van der Waals surface area (Å²) in [5, 5.41) is 14.9. The average Bonchev–Trinajstić information content (AvgIpc) is 2.65. The Morgan fingerprint density at radius 1 is 1.58 bits per heavy atom. The fourth-order valence-electron chi connectivity index (χ4n) is 1.31. The van der Waals surface area contributed by atoms with Gasteiger partial charge in [-0.25, -0.2) is 0 Å². The van der Waals surface area contributed by atoms with Gasteiger partial charge in [-0.1, -0.05) is 0 Å². The second-order valence-electron chi connectivity index (χ2n) is 3.78. The van der Waals surface area contributed by atoms with Gasteiger partial charge in [-0.3, -0.25) is 4.79 Å². The molecule has 0 unspecified atom stereocenters. The van der Waals surface area contributed by atoms with Crippen LogP contribution < -0.4 is 10.6 Å². The van der Waals surface area contributed by atoms with E-state index in [1.165, 1.54) is 0 Å². The summed E-state index contributed by atoms with van der Waals surface area (Å²) >= 11 is 0. The number of rotatable bonds is 3. The summed E-state index contributed by atoms with van der Waals surface area (Å²) in [5.74, 6) is 0.231. The van der Waals surface area contributed by atoms with Crippen LogP contribution in [0.25, 0.3) is 0 Å². The SMILES string of the molecule is O=C(NC1(CO)CC1)C1CNC1. The molecule has 1 aliphatic heterocycles. The zero-order chi connectivity index (χ0) is 8.60. The lowest BCUT2D eigenvalue weighted by Gasteiger charge is -2.27. The molecular weight excluding hydrogens is 156 g/mol. The molecular formula is C8H14N2O2. The van der Waals surface area contributed by atoms with Crippen molar-refractivity contribution in [1.82, 2.24) is 10.6 Å². The topological polar surface area (TPSA) is 61.4 Å². The number of carbonyl (C=O) groups is 1. The van der Waals surface area contributed by atoms with Crippen LogP contribution in [0.4, 0.5) is 0 Å². The van der Waals surface area contributed by atoms with E-state index < -0.39 is 0 Å². The molecule has 1 heterocycles. The highest BCUT2D eigenvalue weighted by molar-refractivity contribution is 5.81. The van der Waals surface area contributed by atoms with Crippen LogP contribution in [0.3, 0.4) is 0 Å². The Morgan fingerprint density at radius 3 is 2.58 bits per heavy atom. The number of amides is 1. The predicted molar refractivity (Wildman–Crippen MR) is 43.6 cm³/mol. The number of hydrogen-bond acceptors (Lipinski definition) is 3. The van der Waals surface area contributed by atoms with Crippen LogP contribution in [-0.2, 0) is 4.79 Å². The minimum absolute atomic E-state index is 0.0822. The van der Waals surface area contributed by atoms with Gasteiger partial charge in [0.2, 0.25) is 5.91 Å². The Bertz CT molecular complexity index is 197. The molecule has 2 aliphatic rings. The largest absolute Gasteiger partial charge is 0.394 e. The van der Waals surface area contributed by atoms with E-state index in [2.05, 4.69) is 10.6 Å². The summed E-state index contributed by atoms with van der Waals surface area (Å²) in [6.45, 7) is 1.65. The van der Waals surface area contributed by atoms with E-state index in [1.54, 1.807) is 0 Å². The Hall–Kier alpha value is -0.610. The summed E-state index contributed by atoms with van der Waals surface area (Å²) in [4.78, 5) is 11.4. The molecule has 1 saturated heterocycles. The monoisotopic (exact) mass is 170 g/mol. The van der Waals surface area contributed by atoms with Crippen molar-refractivity contribution >= 4 is 5.91 Å². The van der Waals surface area contributed by atoms with E-state index in [-0.39, 0.29) is 24.0 Å². The third kappa shape index (κ3) is 1.32. The number of hydrogen-bond donors (Lipinski definition) is 3. The molecule has 4 nitrogen and oxygen atoms in total. The third-order valence-corrected chi connectivity index (χ3v) is 2.70. The fourth-order valence-corrected chi connectivity index (χ4v) is 1.31. The molecule has 2 rings (SSSR count). The molecule has 0 atom stereocenters. The van der Waals surface area contributed by atoms with Gasteiger partial charge < -0.3 is 15.7 Å². The molecule has 0 radical (unpaired) electrons. The maximum Gasteiger partial charge on any atom is 0.226 e. The van der Waals surface area contributed by atoms with Crippen molar-refractivity contribution in [2.75, 3.05) is 19.7 Å². The van der Waals surface area contributed by atoms with Crippen LogP contribution in [0.1, 0.15) is 12.8 Å². The molecule has 4 heteroatoms. The van der Waals surface area contributed by atoms with E-state index in [4.69, 9.17) is 5.11 Å². The summed E-state index contributed by atoms with van der Waals surface area (Å²) in [6.07, 6.45) is 1.85. The molecule has 3 N–H and O–H groups in total. The summed E-state index contributed by atoms with van der Waals surface area (Å²) in [6, 6.07) is 0. The average molecular weight is 170 g/mol. The second-order valence-corrected chi connectivity index (χ2v) is 3.78. The van der Waals surface area contributed by atoms with Gasteiger partial charge in [0.15, 0.2) is 0 Å². The highest BCUT2D eigenvalue weighted by Crippen LogP contribution is 2.34. The first-order valence-electron chi connectivity index (χ1n) is 4.39. The van der Waals surface area contributed by atoms with Crippen molar-refractivity contribution in [2.24, 2.45) is 5.92 Å². The molecule has 68 valence electrons. The molecule has 0 spiro atoms. The van der Waals surface area contributed by atoms with E-state index in [0.29, 0.717) is 0 Å². The van der Waals surface area contributed by atoms with Gasteiger partial charge in [0.25, 0.3) is 0 Å². The number of nitrogens with one attached hydrogen (secondary N) is 2. The molecule has 0 bridgehead atoms. The lowest BCUT2D eigenvalue weighted by molar-refractivity contribution is -0.127.